The molecule has 1 fully saturated rings. The molecular weight excluding hydrogens is 366 g/mol. The standard InChI is InChI=1S/C14H17N5O2S3/c20-10(16-12-15-6-7-22-12)8-23-14-19-18-13(24-14)17-11(21)9-4-2-1-3-5-9/h6-7,9H,1-5,8H2,(H,15,16,20)(H,17,18,21). The predicted octanol–water partition coefficient (Wildman–Crippen LogP) is 3.24. The highest BCUT2D eigenvalue weighted by Gasteiger charge is 2.22. The van der Waals surface area contributed by atoms with Crippen LogP contribution in [0.3, 0.4) is 0 Å². The topological polar surface area (TPSA) is 96.9 Å². The lowest BCUT2D eigenvalue weighted by molar-refractivity contribution is -0.120. The predicted molar refractivity (Wildman–Crippen MR) is 96.6 cm³/mol. The molecule has 0 radical (unpaired) electrons. The SMILES string of the molecule is O=C(CSc1nnc(NC(=O)C2CCCCC2)s1)Nc1nccs1. The van der Waals surface area contributed by atoms with Gasteiger partial charge in [-0.2, -0.15) is 0 Å². The normalized spacial score (nSPS) is 15.2. The lowest BCUT2D eigenvalue weighted by Gasteiger charge is -2.19. The van der Waals surface area contributed by atoms with Gasteiger partial charge in [-0.15, -0.1) is 21.5 Å². The Kier molecular flexibility index (Phi) is 6.16. The molecule has 2 N–H and O–H groups in total. The molecule has 1 saturated carbocycles. The van der Waals surface area contributed by atoms with Crippen molar-refractivity contribution in [3.63, 3.8) is 0 Å². The second-order valence-corrected chi connectivity index (χ2v) is 8.47. The Morgan fingerprint density at radius 1 is 1.17 bits per heavy atom. The quantitative estimate of drug-likeness (QED) is 0.587. The molecule has 24 heavy (non-hydrogen) atoms. The summed E-state index contributed by atoms with van der Waals surface area (Å²) in [5.41, 5.74) is 0. The summed E-state index contributed by atoms with van der Waals surface area (Å²) < 4.78 is 0.656. The maximum Gasteiger partial charge on any atom is 0.236 e. The first kappa shape index (κ1) is 17.3. The molecule has 2 aromatic rings. The van der Waals surface area contributed by atoms with Gasteiger partial charge in [-0.05, 0) is 12.8 Å². The van der Waals surface area contributed by atoms with Gasteiger partial charge in [0.15, 0.2) is 9.47 Å². The molecule has 0 spiro atoms. The summed E-state index contributed by atoms with van der Waals surface area (Å²) in [5, 5.41) is 16.4. The van der Waals surface area contributed by atoms with Crippen molar-refractivity contribution in [3.8, 4) is 0 Å². The molecule has 1 aliphatic rings. The number of nitrogens with zero attached hydrogens (tertiary/aromatic N) is 3. The zero-order chi connectivity index (χ0) is 16.8. The second-order valence-electron chi connectivity index (χ2n) is 5.37. The molecule has 7 nitrogen and oxygen atoms in total. The van der Waals surface area contributed by atoms with Crippen molar-refractivity contribution >= 4 is 56.5 Å². The number of rotatable bonds is 6. The van der Waals surface area contributed by atoms with Crippen molar-refractivity contribution in [1.29, 1.82) is 0 Å². The van der Waals surface area contributed by atoms with Gasteiger partial charge >= 0.3 is 0 Å². The van der Waals surface area contributed by atoms with Crippen molar-refractivity contribution < 1.29 is 9.59 Å². The van der Waals surface area contributed by atoms with Gasteiger partial charge in [0.05, 0.1) is 5.75 Å². The average molecular weight is 384 g/mol. The number of thiazole rings is 1. The van der Waals surface area contributed by atoms with Crippen molar-refractivity contribution in [3.05, 3.63) is 11.6 Å². The van der Waals surface area contributed by atoms with E-state index < -0.39 is 0 Å². The number of amides is 2. The van der Waals surface area contributed by atoms with Crippen LogP contribution in [0.1, 0.15) is 32.1 Å². The van der Waals surface area contributed by atoms with Gasteiger partial charge < -0.3 is 10.6 Å². The van der Waals surface area contributed by atoms with E-state index in [1.54, 1.807) is 11.6 Å². The number of hydrogen-bond donors (Lipinski definition) is 2. The van der Waals surface area contributed by atoms with Gasteiger partial charge in [-0.3, -0.25) is 9.59 Å². The van der Waals surface area contributed by atoms with E-state index in [4.69, 9.17) is 0 Å². The minimum absolute atomic E-state index is 0.0314. The third-order valence-electron chi connectivity index (χ3n) is 3.62. The van der Waals surface area contributed by atoms with Crippen molar-refractivity contribution in [1.82, 2.24) is 15.2 Å². The Bertz CT molecular complexity index is 682. The van der Waals surface area contributed by atoms with Crippen LogP contribution in [0.2, 0.25) is 0 Å². The lowest BCUT2D eigenvalue weighted by atomic mass is 9.89. The maximum atomic E-state index is 12.2. The second kappa shape index (κ2) is 8.54. The zero-order valence-corrected chi connectivity index (χ0v) is 15.3. The summed E-state index contributed by atoms with van der Waals surface area (Å²) >= 11 is 3.96. The Labute approximate surface area is 151 Å². The van der Waals surface area contributed by atoms with Crippen molar-refractivity contribution in [2.24, 2.45) is 5.92 Å². The van der Waals surface area contributed by atoms with Crippen LogP contribution in [-0.4, -0.2) is 32.7 Å². The molecule has 0 atom stereocenters. The van der Waals surface area contributed by atoms with Crippen LogP contribution in [0.4, 0.5) is 10.3 Å². The van der Waals surface area contributed by atoms with Gasteiger partial charge in [0.1, 0.15) is 0 Å². The van der Waals surface area contributed by atoms with Crippen molar-refractivity contribution in [2.45, 2.75) is 36.4 Å². The first-order valence-electron chi connectivity index (χ1n) is 7.67. The number of hydrogen-bond acceptors (Lipinski definition) is 8. The van der Waals surface area contributed by atoms with E-state index in [2.05, 4.69) is 25.8 Å². The van der Waals surface area contributed by atoms with Gasteiger partial charge in [0, 0.05) is 17.5 Å². The van der Waals surface area contributed by atoms with Crippen LogP contribution in [-0.2, 0) is 9.59 Å². The van der Waals surface area contributed by atoms with Crippen molar-refractivity contribution in [2.75, 3.05) is 16.4 Å². The van der Waals surface area contributed by atoms with E-state index in [1.165, 1.54) is 40.9 Å². The monoisotopic (exact) mass is 383 g/mol. The van der Waals surface area contributed by atoms with E-state index >= 15 is 0 Å². The lowest BCUT2D eigenvalue weighted by Crippen LogP contribution is -2.24. The number of aromatic nitrogens is 3. The Balaban J connectivity index is 1.44. The smallest absolute Gasteiger partial charge is 0.236 e. The summed E-state index contributed by atoms with van der Waals surface area (Å²) in [7, 11) is 0. The molecule has 2 aromatic heterocycles. The molecule has 2 heterocycles. The molecule has 10 heteroatoms. The van der Waals surface area contributed by atoms with E-state index in [1.807, 2.05) is 0 Å². The zero-order valence-electron chi connectivity index (χ0n) is 12.9. The molecule has 0 bridgehead atoms. The van der Waals surface area contributed by atoms with Gasteiger partial charge in [0.25, 0.3) is 0 Å². The van der Waals surface area contributed by atoms with E-state index in [-0.39, 0.29) is 23.5 Å². The summed E-state index contributed by atoms with van der Waals surface area (Å²) in [4.78, 5) is 28.0. The van der Waals surface area contributed by atoms with Crippen LogP contribution >= 0.6 is 34.4 Å². The minimum atomic E-state index is -0.141. The average Bonchev–Trinajstić information content (AvgIpc) is 3.26. The Morgan fingerprint density at radius 2 is 2.00 bits per heavy atom. The third-order valence-corrected chi connectivity index (χ3v) is 6.28. The van der Waals surface area contributed by atoms with Crippen LogP contribution in [0.15, 0.2) is 15.9 Å². The molecule has 1 aliphatic carbocycles. The number of carbonyl (C=O) groups is 2. The molecule has 0 aromatic carbocycles. The number of carbonyl (C=O) groups excluding carboxylic acids is 2. The highest BCUT2D eigenvalue weighted by atomic mass is 32.2. The fourth-order valence-electron chi connectivity index (χ4n) is 2.46. The highest BCUT2D eigenvalue weighted by Crippen LogP contribution is 2.28. The molecule has 2 amide bonds. The molecule has 0 aliphatic heterocycles. The van der Waals surface area contributed by atoms with E-state index in [9.17, 15) is 9.59 Å². The third kappa shape index (κ3) is 4.99. The molecule has 0 unspecified atom stereocenters. The Morgan fingerprint density at radius 3 is 2.75 bits per heavy atom. The summed E-state index contributed by atoms with van der Waals surface area (Å²) in [6.45, 7) is 0. The molecule has 3 rings (SSSR count). The van der Waals surface area contributed by atoms with Crippen LogP contribution in [0.5, 0.6) is 0 Å². The molecular formula is C14H17N5O2S3. The summed E-state index contributed by atoms with van der Waals surface area (Å²) in [6.07, 6.45) is 6.98. The summed E-state index contributed by atoms with van der Waals surface area (Å²) in [6, 6.07) is 0. The van der Waals surface area contributed by atoms with E-state index in [0.29, 0.717) is 14.6 Å². The first-order valence-corrected chi connectivity index (χ1v) is 10.4. The van der Waals surface area contributed by atoms with Gasteiger partial charge in [-0.25, -0.2) is 4.98 Å². The van der Waals surface area contributed by atoms with Crippen LogP contribution in [0, 0.1) is 5.92 Å². The summed E-state index contributed by atoms with van der Waals surface area (Å²) in [5.74, 6) is 0.204. The van der Waals surface area contributed by atoms with E-state index in [0.717, 1.165) is 25.7 Å². The largest absolute Gasteiger partial charge is 0.301 e. The minimum Gasteiger partial charge on any atom is -0.301 e. The number of thioether (sulfide) groups is 1. The fraction of sp³-hybridized carbons (Fsp3) is 0.500. The number of anilines is 2. The van der Waals surface area contributed by atoms with Crippen LogP contribution in [0.25, 0.3) is 0 Å². The fourth-order valence-corrected chi connectivity index (χ4v) is 4.56. The van der Waals surface area contributed by atoms with Gasteiger partial charge in [0.2, 0.25) is 16.9 Å². The first-order chi connectivity index (χ1) is 11.7. The maximum absolute atomic E-state index is 12.2. The molecule has 0 saturated heterocycles. The highest BCUT2D eigenvalue weighted by molar-refractivity contribution is 8.01. The van der Waals surface area contributed by atoms with Gasteiger partial charge in [-0.1, -0.05) is 42.4 Å². The Hall–Kier alpha value is -1.52. The number of nitrogens with one attached hydrogen (secondary N) is 2. The molecule has 128 valence electrons. The van der Waals surface area contributed by atoms with Crippen LogP contribution < -0.4 is 10.6 Å².